The fourth-order valence-corrected chi connectivity index (χ4v) is 3.54. The zero-order chi connectivity index (χ0) is 14.9. The monoisotopic (exact) mass is 278 g/mol. The number of ether oxygens (including phenoxy) is 1. The molecule has 4 heteroatoms. The van der Waals surface area contributed by atoms with E-state index in [1.807, 2.05) is 19.9 Å². The van der Waals surface area contributed by atoms with Crippen LogP contribution in [0.25, 0.3) is 0 Å². The number of carbonyl (C=O) groups is 1. The molecule has 4 nitrogen and oxygen atoms in total. The highest BCUT2D eigenvalue weighted by atomic mass is 16.5. The van der Waals surface area contributed by atoms with Crippen LogP contribution in [0.2, 0.25) is 0 Å². The number of carboxylic acids is 1. The summed E-state index contributed by atoms with van der Waals surface area (Å²) >= 11 is 0. The Bertz CT molecular complexity index is 528. The molecule has 2 N–H and O–H groups in total. The third-order valence-corrected chi connectivity index (χ3v) is 4.44. The number of benzene rings is 1. The smallest absolute Gasteiger partial charge is 0.314 e. The van der Waals surface area contributed by atoms with Gasteiger partial charge in [0, 0.05) is 5.56 Å². The van der Waals surface area contributed by atoms with Crippen molar-refractivity contribution in [2.24, 2.45) is 0 Å². The number of hydrogen-bond donors (Lipinski definition) is 2. The third kappa shape index (κ3) is 2.13. The summed E-state index contributed by atoms with van der Waals surface area (Å²) in [5, 5.41) is 20.3. The Kier molecular flexibility index (Phi) is 3.93. The maximum absolute atomic E-state index is 11.9. The number of aryl methyl sites for hydroxylation is 2. The summed E-state index contributed by atoms with van der Waals surface area (Å²) in [7, 11) is 1.50. The summed E-state index contributed by atoms with van der Waals surface area (Å²) in [5.41, 5.74) is 1.20. The largest absolute Gasteiger partial charge is 0.504 e. The van der Waals surface area contributed by atoms with E-state index in [9.17, 15) is 15.0 Å². The minimum Gasteiger partial charge on any atom is -0.504 e. The number of phenols is 1. The quantitative estimate of drug-likeness (QED) is 0.890. The molecule has 0 amide bonds. The molecule has 0 spiro atoms. The van der Waals surface area contributed by atoms with Crippen molar-refractivity contribution in [3.8, 4) is 11.5 Å². The molecule has 0 unspecified atom stereocenters. The first-order valence-electron chi connectivity index (χ1n) is 7.05. The lowest BCUT2D eigenvalue weighted by Gasteiger charge is -2.35. The van der Waals surface area contributed by atoms with Crippen molar-refractivity contribution >= 4 is 5.97 Å². The van der Waals surface area contributed by atoms with Gasteiger partial charge in [-0.05, 0) is 37.8 Å². The molecule has 1 aromatic carbocycles. The van der Waals surface area contributed by atoms with Crippen molar-refractivity contribution in [1.82, 2.24) is 0 Å². The van der Waals surface area contributed by atoms with Crippen LogP contribution in [0.5, 0.6) is 11.5 Å². The predicted molar refractivity (Wildman–Crippen MR) is 76.5 cm³/mol. The summed E-state index contributed by atoms with van der Waals surface area (Å²) < 4.78 is 5.24. The van der Waals surface area contributed by atoms with Gasteiger partial charge in [-0.2, -0.15) is 0 Å². The zero-order valence-electron chi connectivity index (χ0n) is 12.3. The number of carboxylic acid groups (broad SMARTS) is 1. The van der Waals surface area contributed by atoms with Gasteiger partial charge in [-0.25, -0.2) is 0 Å². The number of phenolic OH excluding ortho intramolecular Hbond substituents is 1. The van der Waals surface area contributed by atoms with Gasteiger partial charge in [0.2, 0.25) is 0 Å². The van der Waals surface area contributed by atoms with Crippen molar-refractivity contribution in [3.63, 3.8) is 0 Å². The van der Waals surface area contributed by atoms with Crippen molar-refractivity contribution < 1.29 is 19.7 Å². The van der Waals surface area contributed by atoms with Gasteiger partial charge in [0.1, 0.15) is 0 Å². The summed E-state index contributed by atoms with van der Waals surface area (Å²) in [6, 6.07) is 1.90. The summed E-state index contributed by atoms with van der Waals surface area (Å²) in [5.74, 6) is -0.465. The second-order valence-corrected chi connectivity index (χ2v) is 5.72. The molecular weight excluding hydrogens is 256 g/mol. The maximum atomic E-state index is 11.9. The highest BCUT2D eigenvalue weighted by Gasteiger charge is 2.44. The molecule has 1 saturated carbocycles. The number of rotatable bonds is 3. The molecule has 110 valence electrons. The fourth-order valence-electron chi connectivity index (χ4n) is 3.54. The molecule has 0 atom stereocenters. The second-order valence-electron chi connectivity index (χ2n) is 5.72. The van der Waals surface area contributed by atoms with Gasteiger partial charge in [-0.15, -0.1) is 0 Å². The van der Waals surface area contributed by atoms with E-state index in [1.165, 1.54) is 7.11 Å². The number of aromatic hydroxyl groups is 1. The number of aliphatic carboxylic acids is 1. The average molecular weight is 278 g/mol. The minimum absolute atomic E-state index is 0.00528. The van der Waals surface area contributed by atoms with Crippen molar-refractivity contribution in [2.75, 3.05) is 7.11 Å². The van der Waals surface area contributed by atoms with Crippen LogP contribution in [0, 0.1) is 13.8 Å². The van der Waals surface area contributed by atoms with Gasteiger partial charge in [0.15, 0.2) is 11.5 Å². The van der Waals surface area contributed by atoms with E-state index in [0.717, 1.165) is 30.4 Å². The van der Waals surface area contributed by atoms with E-state index < -0.39 is 11.4 Å². The van der Waals surface area contributed by atoms with Crippen LogP contribution in [0.15, 0.2) is 6.07 Å². The van der Waals surface area contributed by atoms with Gasteiger partial charge >= 0.3 is 5.97 Å². The van der Waals surface area contributed by atoms with Crippen LogP contribution in [0.1, 0.15) is 48.8 Å². The molecule has 2 rings (SSSR count). The molecule has 0 aliphatic heterocycles. The highest BCUT2D eigenvalue weighted by molar-refractivity contribution is 5.84. The molecular formula is C16H22O4. The standard InChI is InChI=1S/C16H22O4/c1-10-9-11(2)14(20-3)13(17)12(10)16(15(18)19)7-5-4-6-8-16/h9,17H,4-8H2,1-3H3,(H,18,19). The number of hydrogen-bond acceptors (Lipinski definition) is 3. The molecule has 20 heavy (non-hydrogen) atoms. The Morgan fingerprint density at radius 3 is 2.30 bits per heavy atom. The lowest BCUT2D eigenvalue weighted by molar-refractivity contribution is -0.145. The topological polar surface area (TPSA) is 66.8 Å². The summed E-state index contributed by atoms with van der Waals surface area (Å²) in [6.45, 7) is 3.71. The van der Waals surface area contributed by atoms with E-state index in [0.29, 0.717) is 24.2 Å². The Hall–Kier alpha value is -1.71. The van der Waals surface area contributed by atoms with Crippen LogP contribution in [-0.2, 0) is 10.2 Å². The van der Waals surface area contributed by atoms with E-state index in [4.69, 9.17) is 4.74 Å². The van der Waals surface area contributed by atoms with Gasteiger partial charge in [0.25, 0.3) is 0 Å². The Labute approximate surface area is 119 Å². The molecule has 0 saturated heterocycles. The van der Waals surface area contributed by atoms with Crippen molar-refractivity contribution in [1.29, 1.82) is 0 Å². The molecule has 1 fully saturated rings. The predicted octanol–water partition coefficient (Wildman–Crippen LogP) is 3.30. The second kappa shape index (κ2) is 5.35. The maximum Gasteiger partial charge on any atom is 0.314 e. The Morgan fingerprint density at radius 2 is 1.80 bits per heavy atom. The van der Waals surface area contributed by atoms with Gasteiger partial charge in [0.05, 0.1) is 12.5 Å². The van der Waals surface area contributed by atoms with Gasteiger partial charge < -0.3 is 14.9 Å². The first kappa shape index (κ1) is 14.7. The Balaban J connectivity index is 2.68. The SMILES string of the molecule is COc1c(C)cc(C)c(C2(C(=O)O)CCCCC2)c1O. The van der Waals surface area contributed by atoms with Gasteiger partial charge in [-0.3, -0.25) is 4.79 Å². The molecule has 1 aromatic rings. The fraction of sp³-hybridized carbons (Fsp3) is 0.562. The molecule has 0 heterocycles. The first-order chi connectivity index (χ1) is 9.44. The highest BCUT2D eigenvalue weighted by Crippen LogP contribution is 2.48. The van der Waals surface area contributed by atoms with Crippen LogP contribution in [-0.4, -0.2) is 23.3 Å². The van der Waals surface area contributed by atoms with E-state index in [2.05, 4.69) is 0 Å². The number of methoxy groups -OCH3 is 1. The lowest BCUT2D eigenvalue weighted by Crippen LogP contribution is -2.38. The van der Waals surface area contributed by atoms with Crippen LogP contribution in [0.3, 0.4) is 0 Å². The van der Waals surface area contributed by atoms with E-state index in [1.54, 1.807) is 0 Å². The average Bonchev–Trinajstić information content (AvgIpc) is 2.39. The molecule has 1 aliphatic carbocycles. The van der Waals surface area contributed by atoms with Gasteiger partial charge in [-0.1, -0.05) is 25.3 Å². The normalized spacial score (nSPS) is 17.8. The molecule has 1 aliphatic rings. The zero-order valence-corrected chi connectivity index (χ0v) is 12.3. The molecule has 0 radical (unpaired) electrons. The molecule has 0 bridgehead atoms. The van der Waals surface area contributed by atoms with Crippen molar-refractivity contribution in [3.05, 3.63) is 22.8 Å². The molecule has 0 aromatic heterocycles. The van der Waals surface area contributed by atoms with Crippen LogP contribution in [0.4, 0.5) is 0 Å². The van der Waals surface area contributed by atoms with E-state index >= 15 is 0 Å². The third-order valence-electron chi connectivity index (χ3n) is 4.44. The minimum atomic E-state index is -0.979. The van der Waals surface area contributed by atoms with Crippen LogP contribution < -0.4 is 4.74 Å². The Morgan fingerprint density at radius 1 is 1.20 bits per heavy atom. The van der Waals surface area contributed by atoms with Crippen molar-refractivity contribution in [2.45, 2.75) is 51.4 Å². The summed E-state index contributed by atoms with van der Waals surface area (Å²) in [4.78, 5) is 11.9. The first-order valence-corrected chi connectivity index (χ1v) is 7.05. The van der Waals surface area contributed by atoms with Crippen LogP contribution >= 0.6 is 0 Å². The van der Waals surface area contributed by atoms with E-state index in [-0.39, 0.29) is 5.75 Å². The summed E-state index contributed by atoms with van der Waals surface area (Å²) in [6.07, 6.45) is 3.95. The lowest BCUT2D eigenvalue weighted by atomic mass is 9.67.